The van der Waals surface area contributed by atoms with Crippen LogP contribution in [0.1, 0.15) is 17.4 Å². The number of aromatic nitrogens is 3. The maximum absolute atomic E-state index is 6.33. The Bertz CT molecular complexity index is 859. The van der Waals surface area contributed by atoms with Crippen molar-refractivity contribution in [1.82, 2.24) is 24.8 Å². The standard InChI is InChI=1S/C18H20ClN5/c1-23-7-6-22-18(23)16-11-20-5-8-24(16)12-14-10-15(19)9-13-3-2-4-21-17(13)14/h2-4,6-7,9-10,16,20H,5,8,11-12H2,1H3. The van der Waals surface area contributed by atoms with Crippen LogP contribution in [0.2, 0.25) is 5.02 Å². The van der Waals surface area contributed by atoms with Gasteiger partial charge in [0, 0.05) is 62.2 Å². The molecule has 0 spiro atoms. The van der Waals surface area contributed by atoms with Crippen LogP contribution in [0, 0.1) is 0 Å². The highest BCUT2D eigenvalue weighted by Gasteiger charge is 2.27. The Hall–Kier alpha value is -1.95. The fourth-order valence-corrected chi connectivity index (χ4v) is 3.70. The van der Waals surface area contributed by atoms with Gasteiger partial charge >= 0.3 is 0 Å². The van der Waals surface area contributed by atoms with Crippen molar-refractivity contribution < 1.29 is 0 Å². The van der Waals surface area contributed by atoms with Crippen LogP contribution in [0.3, 0.4) is 0 Å². The number of hydrogen-bond donors (Lipinski definition) is 1. The molecule has 1 atom stereocenters. The highest BCUT2D eigenvalue weighted by atomic mass is 35.5. The van der Waals surface area contributed by atoms with Gasteiger partial charge in [0.25, 0.3) is 0 Å². The summed E-state index contributed by atoms with van der Waals surface area (Å²) in [5, 5.41) is 5.32. The summed E-state index contributed by atoms with van der Waals surface area (Å²) < 4.78 is 2.10. The van der Waals surface area contributed by atoms with Crippen molar-refractivity contribution in [3.05, 3.63) is 59.3 Å². The second-order valence-corrected chi connectivity index (χ2v) is 6.66. The summed E-state index contributed by atoms with van der Waals surface area (Å²) >= 11 is 6.33. The fourth-order valence-electron chi connectivity index (χ4n) is 3.46. The van der Waals surface area contributed by atoms with E-state index in [0.29, 0.717) is 0 Å². The van der Waals surface area contributed by atoms with E-state index in [1.165, 1.54) is 5.56 Å². The molecule has 1 N–H and O–H groups in total. The number of rotatable bonds is 3. The predicted molar refractivity (Wildman–Crippen MR) is 96.0 cm³/mol. The monoisotopic (exact) mass is 341 g/mol. The van der Waals surface area contributed by atoms with Crippen LogP contribution in [-0.2, 0) is 13.6 Å². The van der Waals surface area contributed by atoms with Crippen LogP contribution in [-0.4, -0.2) is 39.1 Å². The maximum atomic E-state index is 6.33. The lowest BCUT2D eigenvalue weighted by Gasteiger charge is -2.35. The molecule has 2 aromatic heterocycles. The minimum Gasteiger partial charge on any atom is -0.337 e. The van der Waals surface area contributed by atoms with E-state index in [4.69, 9.17) is 11.6 Å². The molecule has 24 heavy (non-hydrogen) atoms. The van der Waals surface area contributed by atoms with Crippen LogP contribution < -0.4 is 5.32 Å². The number of benzene rings is 1. The third-order valence-electron chi connectivity index (χ3n) is 4.63. The zero-order valence-electron chi connectivity index (χ0n) is 13.6. The van der Waals surface area contributed by atoms with Crippen LogP contribution >= 0.6 is 11.6 Å². The van der Waals surface area contributed by atoms with E-state index in [0.717, 1.165) is 47.9 Å². The first-order chi connectivity index (χ1) is 11.7. The number of fused-ring (bicyclic) bond motifs is 1. The minimum absolute atomic E-state index is 0.247. The zero-order chi connectivity index (χ0) is 16.5. The van der Waals surface area contributed by atoms with Gasteiger partial charge in [0.1, 0.15) is 5.82 Å². The Morgan fingerprint density at radius 1 is 1.29 bits per heavy atom. The number of aryl methyl sites for hydroxylation is 1. The molecule has 4 rings (SSSR count). The molecule has 124 valence electrons. The molecule has 0 aliphatic carbocycles. The lowest BCUT2D eigenvalue weighted by Crippen LogP contribution is -2.46. The molecule has 0 amide bonds. The maximum Gasteiger partial charge on any atom is 0.127 e. The molecule has 1 aromatic carbocycles. The molecular formula is C18H20ClN5. The quantitative estimate of drug-likeness (QED) is 0.795. The summed E-state index contributed by atoms with van der Waals surface area (Å²) in [4.78, 5) is 11.6. The first-order valence-corrected chi connectivity index (χ1v) is 8.55. The van der Waals surface area contributed by atoms with Gasteiger partial charge in [-0.05, 0) is 23.8 Å². The Morgan fingerprint density at radius 3 is 3.04 bits per heavy atom. The molecule has 3 heterocycles. The topological polar surface area (TPSA) is 46.0 Å². The van der Waals surface area contributed by atoms with Gasteiger partial charge in [-0.2, -0.15) is 0 Å². The van der Waals surface area contributed by atoms with Crippen molar-refractivity contribution in [3.8, 4) is 0 Å². The smallest absolute Gasteiger partial charge is 0.127 e. The summed E-state index contributed by atoms with van der Waals surface area (Å²) in [6.07, 6.45) is 5.70. The van der Waals surface area contributed by atoms with Gasteiger partial charge in [-0.25, -0.2) is 4.98 Å². The third-order valence-corrected chi connectivity index (χ3v) is 4.85. The predicted octanol–water partition coefficient (Wildman–Crippen LogP) is 2.77. The van der Waals surface area contributed by atoms with E-state index in [9.17, 15) is 0 Å². The number of imidazole rings is 1. The summed E-state index contributed by atoms with van der Waals surface area (Å²) in [5.41, 5.74) is 2.19. The lowest BCUT2D eigenvalue weighted by molar-refractivity contribution is 0.145. The van der Waals surface area contributed by atoms with Crippen molar-refractivity contribution in [2.75, 3.05) is 19.6 Å². The van der Waals surface area contributed by atoms with Gasteiger partial charge in [-0.3, -0.25) is 9.88 Å². The first kappa shape index (κ1) is 15.6. The van der Waals surface area contributed by atoms with Gasteiger partial charge in [-0.15, -0.1) is 0 Å². The van der Waals surface area contributed by atoms with E-state index in [-0.39, 0.29) is 6.04 Å². The second kappa shape index (κ2) is 6.51. The normalized spacial score (nSPS) is 19.0. The largest absolute Gasteiger partial charge is 0.337 e. The van der Waals surface area contributed by atoms with Crippen LogP contribution in [0.5, 0.6) is 0 Å². The zero-order valence-corrected chi connectivity index (χ0v) is 14.4. The van der Waals surface area contributed by atoms with Crippen LogP contribution in [0.15, 0.2) is 42.9 Å². The van der Waals surface area contributed by atoms with E-state index >= 15 is 0 Å². The second-order valence-electron chi connectivity index (χ2n) is 6.23. The Kier molecular flexibility index (Phi) is 4.22. The SMILES string of the molecule is Cn1ccnc1C1CNCCN1Cc1cc(Cl)cc2cccnc12. The van der Waals surface area contributed by atoms with Gasteiger partial charge in [0.2, 0.25) is 0 Å². The van der Waals surface area contributed by atoms with Crippen molar-refractivity contribution in [3.63, 3.8) is 0 Å². The van der Waals surface area contributed by atoms with Gasteiger partial charge in [0.15, 0.2) is 0 Å². The highest BCUT2D eigenvalue weighted by molar-refractivity contribution is 6.31. The van der Waals surface area contributed by atoms with Gasteiger partial charge < -0.3 is 9.88 Å². The molecular weight excluding hydrogens is 322 g/mol. The van der Waals surface area contributed by atoms with E-state index in [1.54, 1.807) is 0 Å². The summed E-state index contributed by atoms with van der Waals surface area (Å²) in [7, 11) is 2.05. The number of nitrogens with one attached hydrogen (secondary N) is 1. The first-order valence-electron chi connectivity index (χ1n) is 8.17. The van der Waals surface area contributed by atoms with Crippen molar-refractivity contribution in [2.24, 2.45) is 7.05 Å². The molecule has 0 bridgehead atoms. The fraction of sp³-hybridized carbons (Fsp3) is 0.333. The minimum atomic E-state index is 0.247. The number of piperazine rings is 1. The molecule has 3 aromatic rings. The average molecular weight is 342 g/mol. The van der Waals surface area contributed by atoms with E-state index in [1.807, 2.05) is 43.8 Å². The Morgan fingerprint density at radius 2 is 2.21 bits per heavy atom. The lowest BCUT2D eigenvalue weighted by atomic mass is 10.1. The third kappa shape index (κ3) is 2.90. The molecule has 6 heteroatoms. The molecule has 1 fully saturated rings. The highest BCUT2D eigenvalue weighted by Crippen LogP contribution is 2.27. The molecule has 1 aliphatic rings. The molecule has 1 unspecified atom stereocenters. The molecule has 1 aliphatic heterocycles. The van der Waals surface area contributed by atoms with E-state index < -0.39 is 0 Å². The summed E-state index contributed by atoms with van der Waals surface area (Å²) in [5.74, 6) is 1.08. The average Bonchev–Trinajstić information content (AvgIpc) is 3.01. The van der Waals surface area contributed by atoms with Crippen LogP contribution in [0.25, 0.3) is 10.9 Å². The molecule has 0 radical (unpaired) electrons. The summed E-state index contributed by atoms with van der Waals surface area (Å²) in [6.45, 7) is 3.66. The van der Waals surface area contributed by atoms with Gasteiger partial charge in [-0.1, -0.05) is 17.7 Å². The molecule has 0 saturated carbocycles. The molecule has 1 saturated heterocycles. The molecule has 5 nitrogen and oxygen atoms in total. The van der Waals surface area contributed by atoms with E-state index in [2.05, 4.69) is 30.8 Å². The van der Waals surface area contributed by atoms with Crippen molar-refractivity contribution in [1.29, 1.82) is 0 Å². The number of pyridine rings is 1. The van der Waals surface area contributed by atoms with Crippen molar-refractivity contribution >= 4 is 22.5 Å². The number of hydrogen-bond acceptors (Lipinski definition) is 4. The Balaban J connectivity index is 1.70. The van der Waals surface area contributed by atoms with Gasteiger partial charge in [0.05, 0.1) is 11.6 Å². The number of halogens is 1. The Labute approximate surface area is 146 Å². The number of nitrogens with zero attached hydrogens (tertiary/aromatic N) is 4. The summed E-state index contributed by atoms with van der Waals surface area (Å²) in [6, 6.07) is 8.27. The van der Waals surface area contributed by atoms with Crippen molar-refractivity contribution in [2.45, 2.75) is 12.6 Å². The van der Waals surface area contributed by atoms with Crippen LogP contribution in [0.4, 0.5) is 0 Å².